The number of aryl methyl sites for hydroxylation is 1. The van der Waals surface area contributed by atoms with Crippen molar-refractivity contribution in [3.63, 3.8) is 0 Å². The van der Waals surface area contributed by atoms with Crippen LogP contribution in [-0.4, -0.2) is 4.92 Å². The van der Waals surface area contributed by atoms with E-state index in [9.17, 15) is 10.1 Å². The Kier molecular flexibility index (Phi) is 3.66. The molecule has 0 saturated carbocycles. The van der Waals surface area contributed by atoms with Crippen LogP contribution >= 0.6 is 0 Å². The van der Waals surface area contributed by atoms with E-state index in [0.717, 1.165) is 5.56 Å². The summed E-state index contributed by atoms with van der Waals surface area (Å²) in [4.78, 5) is 10.2. The molecule has 0 unspecified atom stereocenters. The highest BCUT2D eigenvalue weighted by Gasteiger charge is 2.13. The van der Waals surface area contributed by atoms with E-state index in [1.54, 1.807) is 6.92 Å². The van der Waals surface area contributed by atoms with Crippen molar-refractivity contribution < 1.29 is 9.66 Å². The van der Waals surface area contributed by atoms with Gasteiger partial charge in [0.15, 0.2) is 0 Å². The number of rotatable bonds is 4. The minimum atomic E-state index is -0.468. The van der Waals surface area contributed by atoms with Crippen molar-refractivity contribution in [3.8, 4) is 5.75 Å². The highest BCUT2D eigenvalue weighted by Crippen LogP contribution is 2.31. The second kappa shape index (κ2) is 5.39. The molecule has 5 nitrogen and oxygen atoms in total. The van der Waals surface area contributed by atoms with Crippen molar-refractivity contribution in [1.29, 1.82) is 0 Å². The summed E-state index contributed by atoms with van der Waals surface area (Å²) in [5, 5.41) is 10.7. The molecule has 2 rings (SSSR count). The SMILES string of the molecule is Cc1cc([N+](=O)[O-])cc(N)c1OCc1ccccc1. The molecule has 98 valence electrons. The van der Waals surface area contributed by atoms with Crippen LogP contribution in [0.1, 0.15) is 11.1 Å². The zero-order valence-electron chi connectivity index (χ0n) is 10.5. The number of hydrogen-bond acceptors (Lipinski definition) is 4. The van der Waals surface area contributed by atoms with Gasteiger partial charge in [-0.2, -0.15) is 0 Å². The Labute approximate surface area is 110 Å². The molecular weight excluding hydrogens is 244 g/mol. The third kappa shape index (κ3) is 3.01. The Balaban J connectivity index is 2.19. The molecule has 0 heterocycles. The fourth-order valence-corrected chi connectivity index (χ4v) is 1.81. The number of nitrogen functional groups attached to an aromatic ring is 1. The number of nitro groups is 1. The number of anilines is 1. The van der Waals surface area contributed by atoms with Gasteiger partial charge in [-0.05, 0) is 18.1 Å². The van der Waals surface area contributed by atoms with Crippen molar-refractivity contribution in [3.05, 3.63) is 63.7 Å². The summed E-state index contributed by atoms with van der Waals surface area (Å²) < 4.78 is 5.64. The summed E-state index contributed by atoms with van der Waals surface area (Å²) in [7, 11) is 0. The highest BCUT2D eigenvalue weighted by molar-refractivity contribution is 5.62. The van der Waals surface area contributed by atoms with Crippen LogP contribution in [0.5, 0.6) is 5.75 Å². The van der Waals surface area contributed by atoms with Gasteiger partial charge in [0.25, 0.3) is 5.69 Å². The van der Waals surface area contributed by atoms with Gasteiger partial charge in [0.2, 0.25) is 0 Å². The molecular formula is C14H14N2O3. The average Bonchev–Trinajstić information content (AvgIpc) is 2.38. The van der Waals surface area contributed by atoms with Crippen molar-refractivity contribution in [2.45, 2.75) is 13.5 Å². The molecule has 2 aromatic carbocycles. The lowest BCUT2D eigenvalue weighted by molar-refractivity contribution is -0.384. The average molecular weight is 258 g/mol. The largest absolute Gasteiger partial charge is 0.486 e. The summed E-state index contributed by atoms with van der Waals surface area (Å²) in [5.74, 6) is 0.495. The molecule has 0 aliphatic carbocycles. The quantitative estimate of drug-likeness (QED) is 0.519. The molecule has 0 aliphatic rings. The second-order valence-electron chi connectivity index (χ2n) is 4.21. The van der Waals surface area contributed by atoms with Crippen LogP contribution in [0, 0.1) is 17.0 Å². The monoisotopic (exact) mass is 258 g/mol. The summed E-state index contributed by atoms with van der Waals surface area (Å²) in [6, 6.07) is 12.4. The van der Waals surface area contributed by atoms with Crippen molar-refractivity contribution in [2.24, 2.45) is 0 Å². The van der Waals surface area contributed by atoms with Crippen LogP contribution in [0.4, 0.5) is 11.4 Å². The number of benzene rings is 2. The molecule has 0 radical (unpaired) electrons. The molecule has 0 aromatic heterocycles. The molecule has 0 aliphatic heterocycles. The number of ether oxygens (including phenoxy) is 1. The molecule has 0 saturated heterocycles. The fourth-order valence-electron chi connectivity index (χ4n) is 1.81. The Morgan fingerprint density at radius 1 is 1.26 bits per heavy atom. The fraction of sp³-hybridized carbons (Fsp3) is 0.143. The predicted molar refractivity (Wildman–Crippen MR) is 73.0 cm³/mol. The van der Waals surface area contributed by atoms with Gasteiger partial charge >= 0.3 is 0 Å². The zero-order chi connectivity index (χ0) is 13.8. The third-order valence-corrected chi connectivity index (χ3v) is 2.72. The molecule has 0 bridgehead atoms. The molecule has 5 heteroatoms. The van der Waals surface area contributed by atoms with Gasteiger partial charge < -0.3 is 10.5 Å². The first kappa shape index (κ1) is 12.9. The zero-order valence-corrected chi connectivity index (χ0v) is 10.5. The number of nitrogens with zero attached hydrogens (tertiary/aromatic N) is 1. The second-order valence-corrected chi connectivity index (χ2v) is 4.21. The van der Waals surface area contributed by atoms with E-state index in [1.807, 2.05) is 30.3 Å². The van der Waals surface area contributed by atoms with Crippen LogP contribution in [-0.2, 0) is 6.61 Å². The highest BCUT2D eigenvalue weighted by atomic mass is 16.6. The summed E-state index contributed by atoms with van der Waals surface area (Å²) in [6.07, 6.45) is 0. The molecule has 19 heavy (non-hydrogen) atoms. The summed E-state index contributed by atoms with van der Waals surface area (Å²) in [5.41, 5.74) is 7.72. The molecule has 0 amide bonds. The number of nitro benzene ring substituents is 1. The first-order chi connectivity index (χ1) is 9.08. The number of hydrogen-bond donors (Lipinski definition) is 1. The maximum Gasteiger partial charge on any atom is 0.272 e. The topological polar surface area (TPSA) is 78.4 Å². The van der Waals surface area contributed by atoms with E-state index in [0.29, 0.717) is 17.9 Å². The first-order valence-electron chi connectivity index (χ1n) is 5.79. The van der Waals surface area contributed by atoms with Gasteiger partial charge in [-0.15, -0.1) is 0 Å². The van der Waals surface area contributed by atoms with E-state index < -0.39 is 4.92 Å². The van der Waals surface area contributed by atoms with E-state index >= 15 is 0 Å². The van der Waals surface area contributed by atoms with Crippen LogP contribution < -0.4 is 10.5 Å². The Bertz CT molecular complexity index is 574. The van der Waals surface area contributed by atoms with Crippen LogP contribution in [0.25, 0.3) is 0 Å². The van der Waals surface area contributed by atoms with Crippen molar-refractivity contribution in [2.75, 3.05) is 5.73 Å². The summed E-state index contributed by atoms with van der Waals surface area (Å²) >= 11 is 0. The van der Waals surface area contributed by atoms with Gasteiger partial charge in [0.05, 0.1) is 10.6 Å². The predicted octanol–water partition coefficient (Wildman–Crippen LogP) is 3.06. The Morgan fingerprint density at radius 3 is 2.53 bits per heavy atom. The third-order valence-electron chi connectivity index (χ3n) is 2.72. The van der Waals surface area contributed by atoms with Gasteiger partial charge in [-0.25, -0.2) is 0 Å². The van der Waals surface area contributed by atoms with Crippen molar-refractivity contribution >= 4 is 11.4 Å². The number of nitrogens with two attached hydrogens (primary N) is 1. The lowest BCUT2D eigenvalue weighted by Crippen LogP contribution is -2.02. The normalized spacial score (nSPS) is 10.2. The van der Waals surface area contributed by atoms with Crippen LogP contribution in [0.15, 0.2) is 42.5 Å². The maximum absolute atomic E-state index is 10.7. The lowest BCUT2D eigenvalue weighted by Gasteiger charge is -2.11. The van der Waals surface area contributed by atoms with Gasteiger partial charge in [-0.3, -0.25) is 10.1 Å². The molecule has 0 fully saturated rings. The smallest absolute Gasteiger partial charge is 0.272 e. The van der Waals surface area contributed by atoms with Gasteiger partial charge in [0.1, 0.15) is 12.4 Å². The van der Waals surface area contributed by atoms with Crippen LogP contribution in [0.2, 0.25) is 0 Å². The maximum atomic E-state index is 10.7. The van der Waals surface area contributed by atoms with Gasteiger partial charge in [-0.1, -0.05) is 30.3 Å². The minimum absolute atomic E-state index is 0.0259. The van der Waals surface area contributed by atoms with Gasteiger partial charge in [0, 0.05) is 12.1 Å². The Morgan fingerprint density at radius 2 is 1.95 bits per heavy atom. The van der Waals surface area contributed by atoms with E-state index in [4.69, 9.17) is 10.5 Å². The Hall–Kier alpha value is -2.56. The van der Waals surface area contributed by atoms with E-state index in [-0.39, 0.29) is 11.4 Å². The minimum Gasteiger partial charge on any atom is -0.486 e. The van der Waals surface area contributed by atoms with E-state index in [1.165, 1.54) is 12.1 Å². The van der Waals surface area contributed by atoms with Crippen molar-refractivity contribution in [1.82, 2.24) is 0 Å². The van der Waals surface area contributed by atoms with E-state index in [2.05, 4.69) is 0 Å². The number of non-ortho nitro benzene ring substituents is 1. The standard InChI is InChI=1S/C14H14N2O3/c1-10-7-12(16(17)18)8-13(15)14(10)19-9-11-5-3-2-4-6-11/h2-8H,9,15H2,1H3. The summed E-state index contributed by atoms with van der Waals surface area (Å²) in [6.45, 7) is 2.12. The molecule has 2 aromatic rings. The molecule has 2 N–H and O–H groups in total. The first-order valence-corrected chi connectivity index (χ1v) is 5.79. The molecule has 0 spiro atoms. The molecule has 0 atom stereocenters. The van der Waals surface area contributed by atoms with Crippen LogP contribution in [0.3, 0.4) is 0 Å². The lowest BCUT2D eigenvalue weighted by atomic mass is 10.1.